The second-order valence-electron chi connectivity index (χ2n) is 7.83. The highest BCUT2D eigenvalue weighted by Crippen LogP contribution is 2.24. The van der Waals surface area contributed by atoms with Gasteiger partial charge in [0.05, 0.1) is 6.54 Å². The number of hydrogen-bond donors (Lipinski definition) is 1. The van der Waals surface area contributed by atoms with Gasteiger partial charge >= 0.3 is 0 Å². The number of nitrogens with one attached hydrogen (secondary N) is 1. The summed E-state index contributed by atoms with van der Waals surface area (Å²) >= 11 is 1.33. The average molecular weight is 472 g/mol. The molecule has 2 aromatic carbocycles. The number of hydrogen-bond acceptors (Lipinski definition) is 6. The standard InChI is InChI=1S/C26H25N5O2S/c1-3-6-24-29-30-26(34-24)28-25(32)19(16-27)15-20-17-31(23-8-5-4-7-22(20)23)13-14-33-21-11-9-18(2)10-12-21/h4-5,7-12,15,17H,3,6,13-14H2,1-2H3,(H,28,30,32)/b19-15-. The Morgan fingerprint density at radius 2 is 2.00 bits per heavy atom. The summed E-state index contributed by atoms with van der Waals surface area (Å²) in [5.41, 5.74) is 2.99. The predicted octanol–water partition coefficient (Wildman–Crippen LogP) is 5.38. The first kappa shape index (κ1) is 23.2. The molecule has 0 atom stereocenters. The van der Waals surface area contributed by atoms with E-state index in [9.17, 15) is 10.1 Å². The van der Waals surface area contributed by atoms with Gasteiger partial charge in [-0.15, -0.1) is 10.2 Å². The number of carbonyl (C=O) groups excluding carboxylic acids is 1. The fraction of sp³-hybridized carbons (Fsp3) is 0.231. The van der Waals surface area contributed by atoms with Crippen molar-refractivity contribution < 1.29 is 9.53 Å². The summed E-state index contributed by atoms with van der Waals surface area (Å²) in [5.74, 6) is 0.325. The Morgan fingerprint density at radius 3 is 2.76 bits per heavy atom. The molecule has 0 bridgehead atoms. The number of anilines is 1. The zero-order valence-electron chi connectivity index (χ0n) is 19.1. The van der Waals surface area contributed by atoms with E-state index in [1.165, 1.54) is 16.9 Å². The highest BCUT2D eigenvalue weighted by molar-refractivity contribution is 7.15. The average Bonchev–Trinajstić information content (AvgIpc) is 3.43. The van der Waals surface area contributed by atoms with E-state index in [2.05, 4.69) is 27.0 Å². The van der Waals surface area contributed by atoms with E-state index in [-0.39, 0.29) is 5.57 Å². The third-order valence-corrected chi connectivity index (χ3v) is 6.16. The van der Waals surface area contributed by atoms with Crippen molar-refractivity contribution in [2.24, 2.45) is 0 Å². The zero-order chi connectivity index (χ0) is 23.9. The number of aryl methyl sites for hydroxylation is 2. The molecule has 4 aromatic rings. The molecule has 0 spiro atoms. The third-order valence-electron chi connectivity index (χ3n) is 5.26. The molecule has 0 radical (unpaired) electrons. The van der Waals surface area contributed by atoms with Gasteiger partial charge in [0.2, 0.25) is 5.13 Å². The minimum atomic E-state index is -0.499. The number of aromatic nitrogens is 3. The highest BCUT2D eigenvalue weighted by Gasteiger charge is 2.15. The molecule has 2 heterocycles. The zero-order valence-corrected chi connectivity index (χ0v) is 19.9. The SMILES string of the molecule is CCCc1nnc(NC(=O)/C(C#N)=C\c2cn(CCOc3ccc(C)cc3)c3ccccc23)s1. The Morgan fingerprint density at radius 1 is 1.21 bits per heavy atom. The summed E-state index contributed by atoms with van der Waals surface area (Å²) < 4.78 is 7.96. The molecular formula is C26H25N5O2S. The number of para-hydroxylation sites is 1. The van der Waals surface area contributed by atoms with Crippen molar-refractivity contribution in [3.8, 4) is 11.8 Å². The van der Waals surface area contributed by atoms with Crippen LogP contribution in [0.5, 0.6) is 5.75 Å². The lowest BCUT2D eigenvalue weighted by Gasteiger charge is -2.08. The first-order valence-electron chi connectivity index (χ1n) is 11.1. The fourth-order valence-electron chi connectivity index (χ4n) is 3.56. The Hall–Kier alpha value is -3.96. The Bertz CT molecular complexity index is 1360. The van der Waals surface area contributed by atoms with Crippen LogP contribution in [0.1, 0.15) is 29.5 Å². The molecule has 4 rings (SSSR count). The van der Waals surface area contributed by atoms with Crippen molar-refractivity contribution in [3.05, 3.63) is 76.4 Å². The van der Waals surface area contributed by atoms with Crippen LogP contribution in [-0.4, -0.2) is 27.3 Å². The van der Waals surface area contributed by atoms with Crippen LogP contribution < -0.4 is 10.1 Å². The number of rotatable bonds is 9. The number of ether oxygens (including phenoxy) is 1. The third kappa shape index (κ3) is 5.50. The van der Waals surface area contributed by atoms with Crippen molar-refractivity contribution in [1.82, 2.24) is 14.8 Å². The maximum atomic E-state index is 12.7. The van der Waals surface area contributed by atoms with Gasteiger partial charge in [0.15, 0.2) is 0 Å². The van der Waals surface area contributed by atoms with Crippen molar-refractivity contribution in [2.75, 3.05) is 11.9 Å². The number of benzene rings is 2. The first-order chi connectivity index (χ1) is 16.6. The van der Waals surface area contributed by atoms with E-state index in [0.29, 0.717) is 18.3 Å². The molecule has 0 aliphatic rings. The van der Waals surface area contributed by atoms with E-state index in [1.54, 1.807) is 6.08 Å². The summed E-state index contributed by atoms with van der Waals surface area (Å²) in [4.78, 5) is 12.7. The monoisotopic (exact) mass is 471 g/mol. The lowest BCUT2D eigenvalue weighted by Crippen LogP contribution is -2.13. The molecule has 0 unspecified atom stereocenters. The molecule has 1 N–H and O–H groups in total. The predicted molar refractivity (Wildman–Crippen MR) is 135 cm³/mol. The van der Waals surface area contributed by atoms with Gasteiger partial charge in [0.1, 0.15) is 29.0 Å². The largest absolute Gasteiger partial charge is 0.492 e. The van der Waals surface area contributed by atoms with Gasteiger partial charge in [-0.25, -0.2) is 0 Å². The summed E-state index contributed by atoms with van der Waals surface area (Å²) in [6.45, 7) is 5.22. The van der Waals surface area contributed by atoms with Crippen molar-refractivity contribution in [2.45, 2.75) is 33.2 Å². The topological polar surface area (TPSA) is 92.8 Å². The van der Waals surface area contributed by atoms with Crippen molar-refractivity contribution >= 4 is 39.4 Å². The summed E-state index contributed by atoms with van der Waals surface area (Å²) in [6.07, 6.45) is 5.31. The van der Waals surface area contributed by atoms with Gasteiger partial charge in [0.25, 0.3) is 5.91 Å². The van der Waals surface area contributed by atoms with Crippen LogP contribution in [0.15, 0.2) is 60.3 Å². The van der Waals surface area contributed by atoms with Gasteiger partial charge in [0, 0.05) is 29.1 Å². The maximum absolute atomic E-state index is 12.7. The first-order valence-corrected chi connectivity index (χ1v) is 11.9. The van der Waals surface area contributed by atoms with Crippen LogP contribution in [0.25, 0.3) is 17.0 Å². The normalized spacial score (nSPS) is 11.4. The van der Waals surface area contributed by atoms with E-state index in [0.717, 1.165) is 40.1 Å². The Balaban J connectivity index is 1.52. The molecule has 0 fully saturated rings. The van der Waals surface area contributed by atoms with Crippen molar-refractivity contribution in [1.29, 1.82) is 5.26 Å². The van der Waals surface area contributed by atoms with Gasteiger partial charge in [-0.3, -0.25) is 10.1 Å². The minimum Gasteiger partial charge on any atom is -0.492 e. The smallest absolute Gasteiger partial charge is 0.268 e. The van der Waals surface area contributed by atoms with E-state index in [1.807, 2.05) is 67.7 Å². The summed E-state index contributed by atoms with van der Waals surface area (Å²) in [5, 5.41) is 22.6. The molecule has 8 heteroatoms. The van der Waals surface area contributed by atoms with E-state index in [4.69, 9.17) is 4.74 Å². The van der Waals surface area contributed by atoms with Crippen LogP contribution in [-0.2, 0) is 17.8 Å². The summed E-state index contributed by atoms with van der Waals surface area (Å²) in [7, 11) is 0. The fourth-order valence-corrected chi connectivity index (χ4v) is 4.40. The van der Waals surface area contributed by atoms with Crippen LogP contribution in [0.4, 0.5) is 5.13 Å². The second-order valence-corrected chi connectivity index (χ2v) is 8.89. The van der Waals surface area contributed by atoms with Crippen LogP contribution in [0, 0.1) is 18.3 Å². The number of carbonyl (C=O) groups is 1. The molecule has 34 heavy (non-hydrogen) atoms. The van der Waals surface area contributed by atoms with Gasteiger partial charge in [-0.05, 0) is 37.6 Å². The molecule has 0 saturated heterocycles. The van der Waals surface area contributed by atoms with Gasteiger partial charge in [-0.1, -0.05) is 54.2 Å². The molecule has 1 amide bonds. The van der Waals surface area contributed by atoms with E-state index >= 15 is 0 Å². The molecule has 7 nitrogen and oxygen atoms in total. The molecule has 0 aliphatic carbocycles. The second kappa shape index (κ2) is 10.8. The van der Waals surface area contributed by atoms with Crippen LogP contribution in [0.3, 0.4) is 0 Å². The number of nitriles is 1. The number of nitrogens with zero attached hydrogens (tertiary/aromatic N) is 4. The lowest BCUT2D eigenvalue weighted by molar-refractivity contribution is -0.112. The molecule has 0 saturated carbocycles. The van der Waals surface area contributed by atoms with Crippen molar-refractivity contribution in [3.63, 3.8) is 0 Å². The quantitative estimate of drug-likeness (QED) is 0.261. The van der Waals surface area contributed by atoms with E-state index < -0.39 is 5.91 Å². The molecule has 0 aliphatic heterocycles. The highest BCUT2D eigenvalue weighted by atomic mass is 32.1. The van der Waals surface area contributed by atoms with Crippen LogP contribution in [0.2, 0.25) is 0 Å². The van der Waals surface area contributed by atoms with Gasteiger partial charge < -0.3 is 9.30 Å². The van der Waals surface area contributed by atoms with Crippen LogP contribution >= 0.6 is 11.3 Å². The molecule has 172 valence electrons. The number of fused-ring (bicyclic) bond motifs is 1. The maximum Gasteiger partial charge on any atom is 0.268 e. The molecule has 2 aromatic heterocycles. The lowest BCUT2D eigenvalue weighted by atomic mass is 10.1. The molecular weight excluding hydrogens is 446 g/mol. The Labute approximate surface area is 202 Å². The summed E-state index contributed by atoms with van der Waals surface area (Å²) in [6, 6.07) is 17.9. The van der Waals surface area contributed by atoms with Gasteiger partial charge in [-0.2, -0.15) is 5.26 Å². The minimum absolute atomic E-state index is 0.00560. The number of amides is 1. The Kier molecular flexibility index (Phi) is 7.35.